The zero-order valence-electron chi connectivity index (χ0n) is 11.1. The van der Waals surface area contributed by atoms with Gasteiger partial charge in [0.05, 0.1) is 0 Å². The fourth-order valence-electron chi connectivity index (χ4n) is 2.14. The highest BCUT2D eigenvalue weighted by atomic mass is 16.4. The Balaban J connectivity index is 1.97. The van der Waals surface area contributed by atoms with E-state index in [2.05, 4.69) is 21.7 Å². The van der Waals surface area contributed by atoms with Crippen molar-refractivity contribution in [2.24, 2.45) is 0 Å². The number of piperazine rings is 1. The van der Waals surface area contributed by atoms with Crippen molar-refractivity contribution in [3.63, 3.8) is 0 Å². The number of pyridine rings is 1. The van der Waals surface area contributed by atoms with Crippen LogP contribution < -0.4 is 4.90 Å². The molecule has 1 aromatic heterocycles. The largest absolute Gasteiger partial charge is 0.478 e. The normalized spacial score (nSPS) is 17.0. The number of nitrogens with zero attached hydrogens (tertiary/aromatic N) is 3. The molecule has 0 bridgehead atoms. The van der Waals surface area contributed by atoms with Crippen LogP contribution in [0.5, 0.6) is 0 Å². The molecule has 1 N–H and O–H groups in total. The molecule has 0 atom stereocenters. The number of carboxylic acids is 1. The highest BCUT2D eigenvalue weighted by molar-refractivity contribution is 5.85. The lowest BCUT2D eigenvalue weighted by molar-refractivity contribution is -0.131. The third kappa shape index (κ3) is 3.79. The molecule has 1 aliphatic rings. The summed E-state index contributed by atoms with van der Waals surface area (Å²) in [6, 6.07) is 3.84. The molecule has 0 unspecified atom stereocenters. The van der Waals surface area contributed by atoms with E-state index in [1.54, 1.807) is 12.3 Å². The van der Waals surface area contributed by atoms with E-state index < -0.39 is 5.97 Å². The second-order valence-corrected chi connectivity index (χ2v) is 4.54. The second kappa shape index (κ2) is 6.33. The quantitative estimate of drug-likeness (QED) is 0.828. The molecule has 1 aliphatic heterocycles. The monoisotopic (exact) mass is 261 g/mol. The van der Waals surface area contributed by atoms with Gasteiger partial charge in [-0.25, -0.2) is 9.78 Å². The van der Waals surface area contributed by atoms with Crippen LogP contribution in [0.2, 0.25) is 0 Å². The topological polar surface area (TPSA) is 56.7 Å². The zero-order chi connectivity index (χ0) is 13.7. The van der Waals surface area contributed by atoms with E-state index in [9.17, 15) is 4.79 Å². The van der Waals surface area contributed by atoms with Gasteiger partial charge in [0.15, 0.2) is 0 Å². The molecule has 102 valence electrons. The van der Waals surface area contributed by atoms with Gasteiger partial charge in [0, 0.05) is 38.5 Å². The first-order valence-electron chi connectivity index (χ1n) is 6.53. The number of anilines is 1. The van der Waals surface area contributed by atoms with Crippen LogP contribution in [-0.2, 0) is 4.79 Å². The third-order valence-electron chi connectivity index (χ3n) is 3.33. The summed E-state index contributed by atoms with van der Waals surface area (Å²) >= 11 is 0. The summed E-state index contributed by atoms with van der Waals surface area (Å²) in [7, 11) is 0. The van der Waals surface area contributed by atoms with Crippen LogP contribution in [0.25, 0.3) is 6.08 Å². The number of rotatable bonds is 4. The maximum absolute atomic E-state index is 10.4. The molecule has 0 radical (unpaired) electrons. The maximum Gasteiger partial charge on any atom is 0.328 e. The molecule has 5 heteroatoms. The smallest absolute Gasteiger partial charge is 0.328 e. The van der Waals surface area contributed by atoms with E-state index >= 15 is 0 Å². The lowest BCUT2D eigenvalue weighted by Crippen LogP contribution is -2.46. The highest BCUT2D eigenvalue weighted by Gasteiger charge is 2.16. The lowest BCUT2D eigenvalue weighted by atomic mass is 10.2. The average Bonchev–Trinajstić information content (AvgIpc) is 2.46. The minimum atomic E-state index is -0.945. The number of aliphatic carboxylic acids is 1. The number of hydrogen-bond donors (Lipinski definition) is 1. The van der Waals surface area contributed by atoms with Crippen LogP contribution in [0, 0.1) is 0 Å². The van der Waals surface area contributed by atoms with E-state index in [1.807, 2.05) is 12.1 Å². The fraction of sp³-hybridized carbons (Fsp3) is 0.429. The number of likely N-dealkylation sites (N-methyl/N-ethyl adjacent to an activating group) is 1. The van der Waals surface area contributed by atoms with Gasteiger partial charge in [-0.3, -0.25) is 0 Å². The summed E-state index contributed by atoms with van der Waals surface area (Å²) in [4.78, 5) is 19.5. The van der Waals surface area contributed by atoms with Crippen molar-refractivity contribution in [3.8, 4) is 0 Å². The fourth-order valence-corrected chi connectivity index (χ4v) is 2.14. The summed E-state index contributed by atoms with van der Waals surface area (Å²) in [5.74, 6) is 0.0167. The van der Waals surface area contributed by atoms with Crippen molar-refractivity contribution in [3.05, 3.63) is 30.0 Å². The molecule has 0 saturated carbocycles. The van der Waals surface area contributed by atoms with Crippen LogP contribution in [0.15, 0.2) is 24.4 Å². The molecular weight excluding hydrogens is 242 g/mol. The lowest BCUT2D eigenvalue weighted by Gasteiger charge is -2.34. The van der Waals surface area contributed by atoms with Crippen LogP contribution in [0.4, 0.5) is 5.82 Å². The second-order valence-electron chi connectivity index (χ2n) is 4.54. The minimum absolute atomic E-state index is 0.804. The van der Waals surface area contributed by atoms with Crippen LogP contribution in [-0.4, -0.2) is 53.7 Å². The molecule has 0 aliphatic carbocycles. The molecule has 19 heavy (non-hydrogen) atoms. The summed E-state index contributed by atoms with van der Waals surface area (Å²) in [6.45, 7) is 7.39. The molecule has 1 aromatic rings. The Hall–Kier alpha value is -1.88. The Bertz CT molecular complexity index is 448. The van der Waals surface area contributed by atoms with Gasteiger partial charge in [-0.15, -0.1) is 0 Å². The van der Waals surface area contributed by atoms with Gasteiger partial charge in [0.2, 0.25) is 0 Å². The molecule has 5 nitrogen and oxygen atoms in total. The highest BCUT2D eigenvalue weighted by Crippen LogP contribution is 2.14. The number of carbonyl (C=O) groups is 1. The van der Waals surface area contributed by atoms with Crippen LogP contribution in [0.3, 0.4) is 0 Å². The van der Waals surface area contributed by atoms with Gasteiger partial charge in [0.25, 0.3) is 0 Å². The van der Waals surface area contributed by atoms with E-state index in [1.165, 1.54) is 0 Å². The Morgan fingerprint density at radius 2 is 2.11 bits per heavy atom. The van der Waals surface area contributed by atoms with Crippen molar-refractivity contribution in [1.29, 1.82) is 0 Å². The number of hydrogen-bond acceptors (Lipinski definition) is 4. The molecule has 1 saturated heterocycles. The van der Waals surface area contributed by atoms with Crippen molar-refractivity contribution >= 4 is 17.9 Å². The molecule has 0 amide bonds. The van der Waals surface area contributed by atoms with Gasteiger partial charge in [-0.05, 0) is 30.3 Å². The third-order valence-corrected chi connectivity index (χ3v) is 3.33. The van der Waals surface area contributed by atoms with Crippen molar-refractivity contribution < 1.29 is 9.90 Å². The Kier molecular flexibility index (Phi) is 4.52. The van der Waals surface area contributed by atoms with Crippen LogP contribution in [0.1, 0.15) is 12.5 Å². The summed E-state index contributed by atoms with van der Waals surface area (Å²) in [5, 5.41) is 8.56. The average molecular weight is 261 g/mol. The summed E-state index contributed by atoms with van der Waals surface area (Å²) in [6.07, 6.45) is 4.38. The number of aromatic nitrogens is 1. The maximum atomic E-state index is 10.4. The first-order chi connectivity index (χ1) is 9.19. The Morgan fingerprint density at radius 3 is 2.63 bits per heavy atom. The van der Waals surface area contributed by atoms with E-state index in [-0.39, 0.29) is 0 Å². The van der Waals surface area contributed by atoms with Gasteiger partial charge in [-0.2, -0.15) is 0 Å². The van der Waals surface area contributed by atoms with Crippen molar-refractivity contribution in [1.82, 2.24) is 9.88 Å². The Morgan fingerprint density at radius 1 is 1.37 bits per heavy atom. The summed E-state index contributed by atoms with van der Waals surface area (Å²) in [5.41, 5.74) is 0.804. The van der Waals surface area contributed by atoms with Gasteiger partial charge < -0.3 is 14.9 Å². The first-order valence-corrected chi connectivity index (χ1v) is 6.53. The Labute approximate surface area is 113 Å². The van der Waals surface area contributed by atoms with Crippen LogP contribution >= 0.6 is 0 Å². The molecular formula is C14H19N3O2. The molecule has 0 aromatic carbocycles. The SMILES string of the molecule is CCN1CCN(c2ccc(/C=C/C(=O)O)cn2)CC1. The standard InChI is InChI=1S/C14H19N3O2/c1-2-16-7-9-17(10-8-16)13-5-3-12(11-15-13)4-6-14(18)19/h3-6,11H,2,7-10H2,1H3,(H,18,19)/b6-4+. The molecule has 0 spiro atoms. The number of carboxylic acid groups (broad SMARTS) is 1. The van der Waals surface area contributed by atoms with Gasteiger partial charge in [0.1, 0.15) is 5.82 Å². The van der Waals surface area contributed by atoms with Gasteiger partial charge >= 0.3 is 5.97 Å². The summed E-state index contributed by atoms with van der Waals surface area (Å²) < 4.78 is 0. The predicted molar refractivity (Wildman–Crippen MR) is 75.2 cm³/mol. The predicted octanol–water partition coefficient (Wildman–Crippen LogP) is 1.32. The zero-order valence-corrected chi connectivity index (χ0v) is 11.1. The molecule has 2 heterocycles. The van der Waals surface area contributed by atoms with E-state index in [4.69, 9.17) is 5.11 Å². The molecule has 2 rings (SSSR count). The molecule has 1 fully saturated rings. The van der Waals surface area contributed by atoms with Crippen molar-refractivity contribution in [2.75, 3.05) is 37.6 Å². The first kappa shape index (κ1) is 13.5. The van der Waals surface area contributed by atoms with Crippen molar-refractivity contribution in [2.45, 2.75) is 6.92 Å². The van der Waals surface area contributed by atoms with E-state index in [0.717, 1.165) is 50.2 Å². The van der Waals surface area contributed by atoms with E-state index in [0.29, 0.717) is 0 Å². The minimum Gasteiger partial charge on any atom is -0.478 e. The van der Waals surface area contributed by atoms with Gasteiger partial charge in [-0.1, -0.05) is 6.92 Å².